The van der Waals surface area contributed by atoms with Crippen LogP contribution >= 0.6 is 0 Å². The van der Waals surface area contributed by atoms with Crippen LogP contribution in [0.1, 0.15) is 25.5 Å². The Morgan fingerprint density at radius 2 is 2.33 bits per heavy atom. The second-order valence-electron chi connectivity index (χ2n) is 4.42. The zero-order valence-corrected chi connectivity index (χ0v) is 10.7. The van der Waals surface area contributed by atoms with Crippen molar-refractivity contribution >= 4 is 5.97 Å². The Balaban J connectivity index is 1.84. The van der Waals surface area contributed by atoms with Gasteiger partial charge in [-0.3, -0.25) is 4.98 Å². The summed E-state index contributed by atoms with van der Waals surface area (Å²) >= 11 is 0. The molecule has 1 fully saturated rings. The van der Waals surface area contributed by atoms with Crippen molar-refractivity contribution < 1.29 is 14.3 Å². The molecule has 0 aromatic carbocycles. The smallest absolute Gasteiger partial charge is 0.346 e. The number of rotatable bonds is 6. The normalized spacial score (nSPS) is 16.1. The molecule has 0 amide bonds. The maximum Gasteiger partial charge on any atom is 0.346 e. The van der Waals surface area contributed by atoms with Crippen LogP contribution in [0.4, 0.5) is 0 Å². The lowest BCUT2D eigenvalue weighted by atomic mass is 10.3. The molecule has 1 aromatic heterocycles. The Bertz CT molecular complexity index is 401. The topological polar surface area (TPSA) is 60.5 Å². The van der Waals surface area contributed by atoms with Crippen molar-refractivity contribution in [2.45, 2.75) is 38.5 Å². The van der Waals surface area contributed by atoms with E-state index in [-0.39, 0.29) is 0 Å². The van der Waals surface area contributed by atoms with E-state index in [0.29, 0.717) is 11.8 Å². The fraction of sp³-hybridized carbons (Fsp3) is 0.538. The molecule has 5 nitrogen and oxygen atoms in total. The van der Waals surface area contributed by atoms with Gasteiger partial charge in [0.05, 0.1) is 19.0 Å². The first-order valence-electron chi connectivity index (χ1n) is 6.12. The molecular formula is C13H18N2O3. The molecule has 1 heterocycles. The molecule has 1 unspecified atom stereocenters. The van der Waals surface area contributed by atoms with E-state index < -0.39 is 12.1 Å². The molecule has 0 radical (unpaired) electrons. The lowest BCUT2D eigenvalue weighted by Gasteiger charge is -2.12. The summed E-state index contributed by atoms with van der Waals surface area (Å²) in [5, 5.41) is 3.38. The molecule has 1 aliphatic rings. The van der Waals surface area contributed by atoms with Crippen LogP contribution < -0.4 is 10.1 Å². The van der Waals surface area contributed by atoms with Crippen molar-refractivity contribution in [3.63, 3.8) is 0 Å². The van der Waals surface area contributed by atoms with Gasteiger partial charge in [-0.1, -0.05) is 0 Å². The van der Waals surface area contributed by atoms with Gasteiger partial charge < -0.3 is 14.8 Å². The van der Waals surface area contributed by atoms with Gasteiger partial charge in [0.1, 0.15) is 5.75 Å². The summed E-state index contributed by atoms with van der Waals surface area (Å²) in [6.45, 7) is 2.42. The van der Waals surface area contributed by atoms with E-state index in [9.17, 15) is 4.79 Å². The molecule has 98 valence electrons. The highest BCUT2D eigenvalue weighted by Gasteiger charge is 2.20. The number of nitrogens with one attached hydrogen (secondary N) is 1. The largest absolute Gasteiger partial charge is 0.477 e. The van der Waals surface area contributed by atoms with Crippen LogP contribution in [-0.2, 0) is 16.1 Å². The van der Waals surface area contributed by atoms with Crippen molar-refractivity contribution in [2.24, 2.45) is 0 Å². The minimum Gasteiger partial charge on any atom is -0.477 e. The van der Waals surface area contributed by atoms with Gasteiger partial charge in [-0.2, -0.15) is 0 Å². The zero-order valence-electron chi connectivity index (χ0n) is 10.7. The third-order valence-corrected chi connectivity index (χ3v) is 2.79. The van der Waals surface area contributed by atoms with E-state index in [2.05, 4.69) is 15.0 Å². The lowest BCUT2D eigenvalue weighted by Crippen LogP contribution is -2.25. The highest BCUT2D eigenvalue weighted by atomic mass is 16.6. The summed E-state index contributed by atoms with van der Waals surface area (Å²) < 4.78 is 9.99. The molecule has 1 N–H and O–H groups in total. The number of nitrogens with zero attached hydrogens (tertiary/aromatic N) is 1. The molecule has 0 bridgehead atoms. The van der Waals surface area contributed by atoms with E-state index in [0.717, 1.165) is 12.2 Å². The maximum atomic E-state index is 11.2. The Kier molecular flexibility index (Phi) is 4.15. The van der Waals surface area contributed by atoms with Crippen molar-refractivity contribution in [3.8, 4) is 5.75 Å². The third-order valence-electron chi connectivity index (χ3n) is 2.79. The number of ether oxygens (including phenoxy) is 2. The van der Waals surface area contributed by atoms with Gasteiger partial charge >= 0.3 is 5.97 Å². The Morgan fingerprint density at radius 1 is 1.56 bits per heavy atom. The van der Waals surface area contributed by atoms with Gasteiger partial charge in [-0.15, -0.1) is 0 Å². The molecule has 1 aliphatic carbocycles. The predicted octanol–water partition coefficient (Wildman–Crippen LogP) is 1.27. The molecule has 2 rings (SSSR count). The monoisotopic (exact) mass is 250 g/mol. The fourth-order valence-electron chi connectivity index (χ4n) is 1.54. The second-order valence-corrected chi connectivity index (χ2v) is 4.42. The molecular weight excluding hydrogens is 232 g/mol. The van der Waals surface area contributed by atoms with E-state index in [1.54, 1.807) is 13.1 Å². The van der Waals surface area contributed by atoms with Crippen molar-refractivity contribution in [3.05, 3.63) is 24.0 Å². The summed E-state index contributed by atoms with van der Waals surface area (Å²) in [6.07, 6.45) is 3.53. The van der Waals surface area contributed by atoms with E-state index in [1.165, 1.54) is 20.0 Å². The first-order chi connectivity index (χ1) is 8.69. The molecule has 0 aliphatic heterocycles. The van der Waals surface area contributed by atoms with Gasteiger partial charge in [0, 0.05) is 12.6 Å². The maximum absolute atomic E-state index is 11.2. The molecule has 1 saturated carbocycles. The fourth-order valence-corrected chi connectivity index (χ4v) is 1.54. The first-order valence-corrected chi connectivity index (χ1v) is 6.12. The van der Waals surface area contributed by atoms with Gasteiger partial charge in [0.2, 0.25) is 0 Å². The van der Waals surface area contributed by atoms with Crippen LogP contribution in [0.5, 0.6) is 5.75 Å². The van der Waals surface area contributed by atoms with Gasteiger partial charge in [-0.05, 0) is 31.9 Å². The molecule has 0 spiro atoms. The number of carbonyl (C=O) groups is 1. The number of pyridine rings is 1. The Labute approximate surface area is 107 Å². The second kappa shape index (κ2) is 5.82. The summed E-state index contributed by atoms with van der Waals surface area (Å²) in [4.78, 5) is 15.5. The lowest BCUT2D eigenvalue weighted by molar-refractivity contribution is -0.147. The van der Waals surface area contributed by atoms with Crippen LogP contribution in [0.25, 0.3) is 0 Å². The number of aromatic nitrogens is 1. The highest BCUT2D eigenvalue weighted by Crippen LogP contribution is 2.19. The predicted molar refractivity (Wildman–Crippen MR) is 66.2 cm³/mol. The number of esters is 1. The van der Waals surface area contributed by atoms with E-state index >= 15 is 0 Å². The van der Waals surface area contributed by atoms with E-state index in [4.69, 9.17) is 4.74 Å². The molecule has 1 aromatic rings. The van der Waals surface area contributed by atoms with Crippen LogP contribution in [0.3, 0.4) is 0 Å². The first kappa shape index (κ1) is 12.8. The number of hydrogen-bond donors (Lipinski definition) is 1. The van der Waals surface area contributed by atoms with Crippen molar-refractivity contribution in [1.82, 2.24) is 10.3 Å². The average Bonchev–Trinajstić information content (AvgIpc) is 3.21. The number of hydrogen-bond acceptors (Lipinski definition) is 5. The molecule has 1 atom stereocenters. The highest BCUT2D eigenvalue weighted by molar-refractivity contribution is 5.74. The van der Waals surface area contributed by atoms with Gasteiger partial charge in [-0.25, -0.2) is 4.79 Å². The zero-order chi connectivity index (χ0) is 13.0. The third kappa shape index (κ3) is 3.70. The number of methoxy groups -OCH3 is 1. The van der Waals surface area contributed by atoms with Crippen molar-refractivity contribution in [1.29, 1.82) is 0 Å². The van der Waals surface area contributed by atoms with Gasteiger partial charge in [0.15, 0.2) is 6.10 Å². The number of carbonyl (C=O) groups excluding carboxylic acids is 1. The molecule has 0 saturated heterocycles. The van der Waals surface area contributed by atoms with Crippen LogP contribution in [0.2, 0.25) is 0 Å². The minimum atomic E-state index is -0.618. The summed E-state index contributed by atoms with van der Waals surface area (Å²) in [5.41, 5.74) is 0.972. The quantitative estimate of drug-likeness (QED) is 0.770. The Morgan fingerprint density at radius 3 is 2.89 bits per heavy atom. The van der Waals surface area contributed by atoms with E-state index in [1.807, 2.05) is 12.1 Å². The minimum absolute atomic E-state index is 0.394. The van der Waals surface area contributed by atoms with Crippen LogP contribution in [-0.4, -0.2) is 30.2 Å². The average molecular weight is 250 g/mol. The summed E-state index contributed by atoms with van der Waals surface area (Å²) in [5.74, 6) is 0.178. The van der Waals surface area contributed by atoms with Gasteiger partial charge in [0.25, 0.3) is 0 Å². The Hall–Kier alpha value is -1.62. The van der Waals surface area contributed by atoms with Crippen molar-refractivity contribution in [2.75, 3.05) is 7.11 Å². The summed E-state index contributed by atoms with van der Waals surface area (Å²) in [6, 6.07) is 4.38. The summed E-state index contributed by atoms with van der Waals surface area (Å²) in [7, 11) is 1.34. The molecule has 5 heteroatoms. The van der Waals surface area contributed by atoms with Crippen LogP contribution in [0.15, 0.2) is 18.3 Å². The standard InChI is InChI=1S/C13H18N2O3/c1-9(13(16)17-2)18-12-6-5-11(15-8-12)7-14-10-3-4-10/h5-6,8-10,14H,3-4,7H2,1-2H3. The molecule has 18 heavy (non-hydrogen) atoms. The SMILES string of the molecule is COC(=O)C(C)Oc1ccc(CNC2CC2)nc1. The van der Waals surface area contributed by atoms with Crippen LogP contribution in [0, 0.1) is 0 Å².